The fraction of sp³-hybridized carbons (Fsp3) is 0.333. The van der Waals surface area contributed by atoms with Crippen LogP contribution < -0.4 is 9.73 Å². The lowest BCUT2D eigenvalue weighted by Gasteiger charge is -2.24. The lowest BCUT2D eigenvalue weighted by atomic mass is 10.1. The Morgan fingerprint density at radius 2 is 1.83 bits per heavy atom. The number of nitrogens with zero attached hydrogens (tertiary/aromatic N) is 3. The molecule has 0 unspecified atom stereocenters. The first-order valence-electron chi connectivity index (χ1n) is 9.63. The number of piperidine rings is 1. The van der Waals surface area contributed by atoms with E-state index in [4.69, 9.17) is 11.6 Å². The molecule has 0 aliphatic carbocycles. The average Bonchev–Trinajstić information content (AvgIpc) is 2.72. The third kappa shape index (κ3) is 5.59. The highest BCUT2D eigenvalue weighted by Gasteiger charge is 2.27. The number of amides is 1. The van der Waals surface area contributed by atoms with Crippen LogP contribution in [0.5, 0.6) is 0 Å². The van der Waals surface area contributed by atoms with E-state index in [9.17, 15) is 13.2 Å². The van der Waals surface area contributed by atoms with Gasteiger partial charge in [0.1, 0.15) is 6.54 Å². The fourth-order valence-corrected chi connectivity index (χ4v) is 4.68. The number of benzene rings is 2. The van der Waals surface area contributed by atoms with Gasteiger partial charge in [0.05, 0.1) is 10.6 Å². The maximum absolute atomic E-state index is 13.3. The molecule has 160 valence electrons. The van der Waals surface area contributed by atoms with Gasteiger partial charge in [-0.15, -0.1) is 0 Å². The van der Waals surface area contributed by atoms with Gasteiger partial charge in [-0.1, -0.05) is 35.4 Å². The Labute approximate surface area is 182 Å². The number of hydrogen-bond acceptors (Lipinski definition) is 5. The van der Waals surface area contributed by atoms with Crippen LogP contribution in [0.2, 0.25) is 5.02 Å². The molecule has 0 radical (unpaired) electrons. The molecule has 7 nitrogen and oxygen atoms in total. The summed E-state index contributed by atoms with van der Waals surface area (Å²) in [6.07, 6.45) is 1.55. The predicted octanol–water partition coefficient (Wildman–Crippen LogP) is 3.04. The van der Waals surface area contributed by atoms with Gasteiger partial charge in [-0.3, -0.25) is 9.10 Å². The molecule has 0 spiro atoms. The normalized spacial score (nSPS) is 15.0. The van der Waals surface area contributed by atoms with Gasteiger partial charge in [0.2, 0.25) is 0 Å². The molecule has 0 bridgehead atoms. The van der Waals surface area contributed by atoms with E-state index in [0.717, 1.165) is 41.5 Å². The molecule has 0 atom stereocenters. The molecular formula is C21H25ClN4O3S. The van der Waals surface area contributed by atoms with E-state index in [1.165, 1.54) is 18.2 Å². The van der Waals surface area contributed by atoms with Crippen LogP contribution in [0.3, 0.4) is 0 Å². The standard InChI is InChI=1S/C21H25ClN4O3S/c1-16-6-8-20(9-7-16)30(28,29)26(19-5-3-4-17(22)14-19)15-21(27)24-23-18-10-12-25(2)13-11-18/h3-9,14H,10-13,15H2,1-2H3,(H,24,27). The number of nitrogens with one attached hydrogen (secondary N) is 1. The van der Waals surface area contributed by atoms with Gasteiger partial charge >= 0.3 is 0 Å². The molecule has 0 saturated carbocycles. The molecule has 1 saturated heterocycles. The number of anilines is 1. The molecule has 2 aromatic carbocycles. The highest BCUT2D eigenvalue weighted by Crippen LogP contribution is 2.26. The Kier molecular flexibility index (Phi) is 7.12. The fourth-order valence-electron chi connectivity index (χ4n) is 3.08. The first-order chi connectivity index (χ1) is 14.3. The number of sulfonamides is 1. The van der Waals surface area contributed by atoms with E-state index in [2.05, 4.69) is 15.4 Å². The minimum atomic E-state index is -3.97. The van der Waals surface area contributed by atoms with Crippen LogP contribution in [0.15, 0.2) is 58.5 Å². The minimum absolute atomic E-state index is 0.0995. The molecule has 1 aliphatic rings. The van der Waals surface area contributed by atoms with Gasteiger partial charge in [0.15, 0.2) is 0 Å². The molecule has 1 amide bonds. The summed E-state index contributed by atoms with van der Waals surface area (Å²) in [6.45, 7) is 3.23. The Balaban J connectivity index is 1.84. The zero-order valence-corrected chi connectivity index (χ0v) is 18.6. The van der Waals surface area contributed by atoms with E-state index in [1.807, 2.05) is 14.0 Å². The smallest absolute Gasteiger partial charge is 0.264 e. The zero-order chi connectivity index (χ0) is 21.7. The van der Waals surface area contributed by atoms with Gasteiger partial charge in [0.25, 0.3) is 15.9 Å². The van der Waals surface area contributed by atoms with Crippen molar-refractivity contribution in [3.8, 4) is 0 Å². The molecule has 30 heavy (non-hydrogen) atoms. The predicted molar refractivity (Wildman–Crippen MR) is 119 cm³/mol. The summed E-state index contributed by atoms with van der Waals surface area (Å²) in [5.74, 6) is -0.517. The number of carbonyl (C=O) groups excluding carboxylic acids is 1. The van der Waals surface area contributed by atoms with Crippen molar-refractivity contribution in [3.63, 3.8) is 0 Å². The molecule has 0 aromatic heterocycles. The number of carbonyl (C=O) groups is 1. The summed E-state index contributed by atoms with van der Waals surface area (Å²) in [5, 5.41) is 4.57. The second-order valence-corrected chi connectivity index (χ2v) is 9.62. The Morgan fingerprint density at radius 1 is 1.17 bits per heavy atom. The number of aryl methyl sites for hydroxylation is 1. The maximum Gasteiger partial charge on any atom is 0.264 e. The highest BCUT2D eigenvalue weighted by molar-refractivity contribution is 7.92. The summed E-state index contributed by atoms with van der Waals surface area (Å²) < 4.78 is 27.6. The molecule has 3 rings (SSSR count). The van der Waals surface area contributed by atoms with Crippen molar-refractivity contribution < 1.29 is 13.2 Å². The molecule has 1 aliphatic heterocycles. The third-order valence-electron chi connectivity index (χ3n) is 4.90. The topological polar surface area (TPSA) is 82.1 Å². The van der Waals surface area contributed by atoms with Crippen molar-refractivity contribution in [3.05, 3.63) is 59.1 Å². The van der Waals surface area contributed by atoms with E-state index < -0.39 is 22.5 Å². The van der Waals surface area contributed by atoms with Crippen LogP contribution in [0.4, 0.5) is 5.69 Å². The van der Waals surface area contributed by atoms with Crippen LogP contribution in [-0.2, 0) is 14.8 Å². The van der Waals surface area contributed by atoms with E-state index in [1.54, 1.807) is 30.3 Å². The second-order valence-electron chi connectivity index (χ2n) is 7.32. The van der Waals surface area contributed by atoms with Gasteiger partial charge in [-0.2, -0.15) is 5.10 Å². The number of halogens is 1. The lowest BCUT2D eigenvalue weighted by molar-refractivity contribution is -0.119. The highest BCUT2D eigenvalue weighted by atomic mass is 35.5. The SMILES string of the molecule is Cc1ccc(S(=O)(=O)N(CC(=O)NN=C2CCN(C)CC2)c2cccc(Cl)c2)cc1. The van der Waals surface area contributed by atoms with Crippen LogP contribution in [0, 0.1) is 6.92 Å². The monoisotopic (exact) mass is 448 g/mol. The summed E-state index contributed by atoms with van der Waals surface area (Å²) in [5.41, 5.74) is 4.66. The van der Waals surface area contributed by atoms with Gasteiger partial charge < -0.3 is 4.90 Å². The van der Waals surface area contributed by atoms with Crippen LogP contribution in [0.1, 0.15) is 18.4 Å². The maximum atomic E-state index is 13.3. The second kappa shape index (κ2) is 9.59. The van der Waals surface area contributed by atoms with Crippen molar-refractivity contribution in [1.29, 1.82) is 0 Å². The number of hydrogen-bond donors (Lipinski definition) is 1. The van der Waals surface area contributed by atoms with Gasteiger partial charge in [-0.05, 0) is 44.3 Å². The van der Waals surface area contributed by atoms with Crippen molar-refractivity contribution >= 4 is 38.9 Å². The van der Waals surface area contributed by atoms with Crippen molar-refractivity contribution in [2.75, 3.05) is 31.0 Å². The summed E-state index contributed by atoms with van der Waals surface area (Å²) in [4.78, 5) is 14.9. The van der Waals surface area contributed by atoms with Gasteiger partial charge in [-0.25, -0.2) is 13.8 Å². The van der Waals surface area contributed by atoms with E-state index >= 15 is 0 Å². The number of hydrazone groups is 1. The first-order valence-corrected chi connectivity index (χ1v) is 11.5. The molecule has 9 heteroatoms. The molecule has 1 heterocycles. The summed E-state index contributed by atoms with van der Waals surface area (Å²) in [6, 6.07) is 12.9. The number of rotatable bonds is 6. The van der Waals surface area contributed by atoms with Crippen LogP contribution >= 0.6 is 11.6 Å². The molecular weight excluding hydrogens is 424 g/mol. The number of likely N-dealkylation sites (tertiary alicyclic amines) is 1. The largest absolute Gasteiger partial charge is 0.306 e. The third-order valence-corrected chi connectivity index (χ3v) is 6.92. The van der Waals surface area contributed by atoms with Crippen molar-refractivity contribution in [2.24, 2.45) is 5.10 Å². The zero-order valence-electron chi connectivity index (χ0n) is 17.0. The summed E-state index contributed by atoms with van der Waals surface area (Å²) in [7, 11) is -1.94. The van der Waals surface area contributed by atoms with Crippen LogP contribution in [-0.4, -0.2) is 51.6 Å². The lowest BCUT2D eigenvalue weighted by Crippen LogP contribution is -2.40. The minimum Gasteiger partial charge on any atom is -0.306 e. The quantitative estimate of drug-likeness (QED) is 0.688. The van der Waals surface area contributed by atoms with Crippen molar-refractivity contribution in [2.45, 2.75) is 24.7 Å². The molecule has 2 aromatic rings. The van der Waals surface area contributed by atoms with Crippen LogP contribution in [0.25, 0.3) is 0 Å². The Morgan fingerprint density at radius 3 is 2.47 bits per heavy atom. The van der Waals surface area contributed by atoms with E-state index in [-0.39, 0.29) is 4.90 Å². The molecule has 1 fully saturated rings. The van der Waals surface area contributed by atoms with Gasteiger partial charge in [0, 0.05) is 36.7 Å². The Bertz CT molecular complexity index is 1030. The van der Waals surface area contributed by atoms with Crippen molar-refractivity contribution in [1.82, 2.24) is 10.3 Å². The first kappa shape index (κ1) is 22.3. The average molecular weight is 449 g/mol. The van der Waals surface area contributed by atoms with E-state index in [0.29, 0.717) is 10.7 Å². The molecule has 1 N–H and O–H groups in total. The Hall–Kier alpha value is -2.42. The summed E-state index contributed by atoms with van der Waals surface area (Å²) >= 11 is 6.07.